The minimum atomic E-state index is -0.419. The van der Waals surface area contributed by atoms with Gasteiger partial charge in [-0.15, -0.1) is 0 Å². The summed E-state index contributed by atoms with van der Waals surface area (Å²) in [6.45, 7) is 0.950. The molecule has 8 nitrogen and oxygen atoms in total. The van der Waals surface area contributed by atoms with Gasteiger partial charge in [-0.2, -0.15) is 0 Å². The molecule has 2 aliphatic heterocycles. The summed E-state index contributed by atoms with van der Waals surface area (Å²) in [5, 5.41) is 2.83. The predicted molar refractivity (Wildman–Crippen MR) is 102 cm³/mol. The number of nitrogens with one attached hydrogen (secondary N) is 1. The second-order valence-electron chi connectivity index (χ2n) is 7.31. The zero-order valence-corrected chi connectivity index (χ0v) is 15.8. The Morgan fingerprint density at radius 3 is 2.38 bits per heavy atom. The number of hydrogen-bond donors (Lipinski definition) is 1. The van der Waals surface area contributed by atoms with E-state index in [1.54, 1.807) is 47.6 Å². The molecule has 0 bridgehead atoms. The summed E-state index contributed by atoms with van der Waals surface area (Å²) in [5.41, 5.74) is 1.42. The molecular formula is C21H21N3O5. The van der Waals surface area contributed by atoms with E-state index in [9.17, 15) is 19.2 Å². The smallest absolute Gasteiger partial charge is 0.229 e. The number of furan rings is 1. The Morgan fingerprint density at radius 1 is 1.00 bits per heavy atom. The molecule has 1 N–H and O–H groups in total. The molecule has 8 heteroatoms. The third kappa shape index (κ3) is 4.21. The minimum Gasteiger partial charge on any atom is -0.467 e. The standard InChI is InChI=1S/C21H21N3O5/c25-18-7-8-19(26)24(18)11-14-3-5-16(6-4-14)22-21(28)15-10-20(27)23(12-15)13-17-2-1-9-29-17/h1-6,9,15H,7-8,10-13H2,(H,22,28)/t15-/m0/s1. The lowest BCUT2D eigenvalue weighted by molar-refractivity contribution is -0.139. The number of likely N-dealkylation sites (tertiary alicyclic amines) is 2. The van der Waals surface area contributed by atoms with Crippen LogP contribution in [0.3, 0.4) is 0 Å². The molecule has 0 aliphatic carbocycles. The summed E-state index contributed by atoms with van der Waals surface area (Å²) in [5.74, 6) is -0.327. The van der Waals surface area contributed by atoms with Gasteiger partial charge in [0.2, 0.25) is 23.6 Å². The van der Waals surface area contributed by atoms with Gasteiger partial charge in [-0.05, 0) is 29.8 Å². The van der Waals surface area contributed by atoms with Crippen LogP contribution in [0.4, 0.5) is 5.69 Å². The Kier molecular flexibility index (Phi) is 5.16. The molecule has 150 valence electrons. The van der Waals surface area contributed by atoms with Gasteiger partial charge in [0.15, 0.2) is 0 Å². The van der Waals surface area contributed by atoms with Gasteiger partial charge in [-0.1, -0.05) is 12.1 Å². The van der Waals surface area contributed by atoms with Gasteiger partial charge in [-0.25, -0.2) is 0 Å². The largest absolute Gasteiger partial charge is 0.467 e. The van der Waals surface area contributed by atoms with Crippen molar-refractivity contribution in [2.24, 2.45) is 5.92 Å². The van der Waals surface area contributed by atoms with Gasteiger partial charge in [-0.3, -0.25) is 24.1 Å². The van der Waals surface area contributed by atoms with Crippen LogP contribution in [0.25, 0.3) is 0 Å². The Hall–Kier alpha value is -3.42. The first kappa shape index (κ1) is 18.9. The Bertz CT molecular complexity index is 920. The van der Waals surface area contributed by atoms with Crippen molar-refractivity contribution in [1.29, 1.82) is 0 Å². The fourth-order valence-electron chi connectivity index (χ4n) is 3.61. The number of amides is 4. The summed E-state index contributed by atoms with van der Waals surface area (Å²) in [4.78, 5) is 51.0. The highest BCUT2D eigenvalue weighted by molar-refractivity contribution is 6.01. The van der Waals surface area contributed by atoms with Gasteiger partial charge in [0.1, 0.15) is 5.76 Å². The first-order valence-corrected chi connectivity index (χ1v) is 9.53. The summed E-state index contributed by atoms with van der Waals surface area (Å²) in [6.07, 6.45) is 2.26. The first-order valence-electron chi connectivity index (χ1n) is 9.53. The number of nitrogens with zero attached hydrogens (tertiary/aromatic N) is 2. The molecule has 0 radical (unpaired) electrons. The van der Waals surface area contributed by atoms with E-state index in [1.165, 1.54) is 4.90 Å². The van der Waals surface area contributed by atoms with Crippen LogP contribution in [-0.2, 0) is 32.3 Å². The number of hydrogen-bond acceptors (Lipinski definition) is 5. The number of rotatable bonds is 6. The van der Waals surface area contributed by atoms with Crippen molar-refractivity contribution in [3.63, 3.8) is 0 Å². The molecular weight excluding hydrogens is 374 g/mol. The summed E-state index contributed by atoms with van der Waals surface area (Å²) in [6, 6.07) is 10.6. The van der Waals surface area contributed by atoms with Crippen molar-refractivity contribution in [3.05, 3.63) is 54.0 Å². The second-order valence-corrected chi connectivity index (χ2v) is 7.31. The van der Waals surface area contributed by atoms with Crippen LogP contribution < -0.4 is 5.32 Å². The van der Waals surface area contributed by atoms with Crippen LogP contribution in [0.5, 0.6) is 0 Å². The molecule has 1 aromatic carbocycles. The highest BCUT2D eigenvalue weighted by Crippen LogP contribution is 2.23. The van der Waals surface area contributed by atoms with Gasteiger partial charge < -0.3 is 14.6 Å². The number of carbonyl (C=O) groups is 4. The molecule has 2 fully saturated rings. The fourth-order valence-corrected chi connectivity index (χ4v) is 3.61. The number of anilines is 1. The summed E-state index contributed by atoms with van der Waals surface area (Å²) >= 11 is 0. The van der Waals surface area contributed by atoms with Crippen LogP contribution in [0.15, 0.2) is 47.1 Å². The molecule has 4 amide bonds. The van der Waals surface area contributed by atoms with E-state index in [0.717, 1.165) is 5.56 Å². The molecule has 1 aromatic heterocycles. The maximum Gasteiger partial charge on any atom is 0.229 e. The maximum atomic E-state index is 12.5. The predicted octanol–water partition coefficient (Wildman–Crippen LogP) is 1.92. The number of imide groups is 1. The maximum absolute atomic E-state index is 12.5. The lowest BCUT2D eigenvalue weighted by Crippen LogP contribution is -2.28. The topological polar surface area (TPSA) is 99.9 Å². The van der Waals surface area contributed by atoms with Crippen molar-refractivity contribution >= 4 is 29.3 Å². The molecule has 29 heavy (non-hydrogen) atoms. The van der Waals surface area contributed by atoms with Crippen LogP contribution in [0.2, 0.25) is 0 Å². The SMILES string of the molecule is O=C(Nc1ccc(CN2C(=O)CCC2=O)cc1)[C@H]1CC(=O)N(Cc2ccco2)C1. The normalized spacial score (nSPS) is 19.3. The lowest BCUT2D eigenvalue weighted by Gasteiger charge is -2.16. The quantitative estimate of drug-likeness (QED) is 0.753. The molecule has 2 aromatic rings. The van der Waals surface area contributed by atoms with Crippen molar-refractivity contribution in [2.45, 2.75) is 32.4 Å². The van der Waals surface area contributed by atoms with Crippen LogP contribution >= 0.6 is 0 Å². The van der Waals surface area contributed by atoms with E-state index in [-0.39, 0.29) is 49.4 Å². The molecule has 1 atom stereocenters. The summed E-state index contributed by atoms with van der Waals surface area (Å²) in [7, 11) is 0. The van der Waals surface area contributed by atoms with Crippen LogP contribution in [-0.4, -0.2) is 40.0 Å². The fraction of sp³-hybridized carbons (Fsp3) is 0.333. The Labute approximate surface area is 167 Å². The molecule has 3 heterocycles. The third-order valence-electron chi connectivity index (χ3n) is 5.23. The molecule has 4 rings (SSSR count). The minimum absolute atomic E-state index is 0.0724. The summed E-state index contributed by atoms with van der Waals surface area (Å²) < 4.78 is 5.27. The van der Waals surface area contributed by atoms with E-state index >= 15 is 0 Å². The second kappa shape index (κ2) is 7.90. The molecule has 2 aliphatic rings. The first-order chi connectivity index (χ1) is 14.0. The van der Waals surface area contributed by atoms with Crippen molar-refractivity contribution in [2.75, 3.05) is 11.9 Å². The van der Waals surface area contributed by atoms with E-state index in [1.807, 2.05) is 0 Å². The van der Waals surface area contributed by atoms with Gasteiger partial charge >= 0.3 is 0 Å². The molecule has 0 spiro atoms. The Morgan fingerprint density at radius 2 is 1.72 bits per heavy atom. The van der Waals surface area contributed by atoms with E-state index in [2.05, 4.69) is 5.32 Å². The molecule has 2 saturated heterocycles. The Balaban J connectivity index is 1.32. The zero-order valence-electron chi connectivity index (χ0n) is 15.8. The average Bonchev–Trinajstić information content (AvgIpc) is 3.42. The van der Waals surface area contributed by atoms with E-state index in [0.29, 0.717) is 24.5 Å². The van der Waals surface area contributed by atoms with E-state index < -0.39 is 5.92 Å². The third-order valence-corrected chi connectivity index (χ3v) is 5.23. The van der Waals surface area contributed by atoms with Gasteiger partial charge in [0.05, 0.1) is 25.3 Å². The van der Waals surface area contributed by atoms with Gasteiger partial charge in [0, 0.05) is 31.5 Å². The average molecular weight is 395 g/mol. The molecule has 0 unspecified atom stereocenters. The van der Waals surface area contributed by atoms with Crippen LogP contribution in [0, 0.1) is 5.92 Å². The lowest BCUT2D eigenvalue weighted by atomic mass is 10.1. The van der Waals surface area contributed by atoms with E-state index in [4.69, 9.17) is 4.42 Å². The number of carbonyl (C=O) groups excluding carboxylic acids is 4. The van der Waals surface area contributed by atoms with Crippen LogP contribution in [0.1, 0.15) is 30.6 Å². The van der Waals surface area contributed by atoms with Crippen molar-refractivity contribution in [1.82, 2.24) is 9.80 Å². The highest BCUT2D eigenvalue weighted by atomic mass is 16.3. The van der Waals surface area contributed by atoms with Gasteiger partial charge in [0.25, 0.3) is 0 Å². The monoisotopic (exact) mass is 395 g/mol. The highest BCUT2D eigenvalue weighted by Gasteiger charge is 2.34. The zero-order chi connectivity index (χ0) is 20.4. The van der Waals surface area contributed by atoms with Crippen molar-refractivity contribution in [3.8, 4) is 0 Å². The molecule has 0 saturated carbocycles. The number of benzene rings is 1. The van der Waals surface area contributed by atoms with Crippen molar-refractivity contribution < 1.29 is 23.6 Å².